The van der Waals surface area contributed by atoms with E-state index in [1.54, 1.807) is 17.4 Å². The van der Waals surface area contributed by atoms with E-state index >= 15 is 0 Å². The number of thiophene rings is 1. The molecule has 4 rings (SSSR count). The van der Waals surface area contributed by atoms with Crippen molar-refractivity contribution in [2.45, 2.75) is 19.3 Å². The highest BCUT2D eigenvalue weighted by atomic mass is 32.1. The van der Waals surface area contributed by atoms with Gasteiger partial charge in [-0.05, 0) is 30.2 Å². The van der Waals surface area contributed by atoms with Crippen LogP contribution in [0.1, 0.15) is 28.3 Å². The summed E-state index contributed by atoms with van der Waals surface area (Å²) in [6.45, 7) is 2.06. The number of nitrogens with one attached hydrogen (secondary N) is 1. The highest BCUT2D eigenvalue weighted by Gasteiger charge is 2.30. The third-order valence-electron chi connectivity index (χ3n) is 4.37. The molecular formula is C20H16FNOS. The van der Waals surface area contributed by atoms with E-state index in [0.717, 1.165) is 27.3 Å². The van der Waals surface area contributed by atoms with Gasteiger partial charge in [-0.3, -0.25) is 4.79 Å². The van der Waals surface area contributed by atoms with Gasteiger partial charge in [0.05, 0.1) is 5.69 Å². The number of rotatable bonds is 2. The van der Waals surface area contributed by atoms with E-state index in [0.29, 0.717) is 6.42 Å². The Hall–Kier alpha value is -2.46. The van der Waals surface area contributed by atoms with Crippen molar-refractivity contribution in [3.8, 4) is 11.1 Å². The highest BCUT2D eigenvalue weighted by molar-refractivity contribution is 7.11. The van der Waals surface area contributed by atoms with Gasteiger partial charge >= 0.3 is 0 Å². The van der Waals surface area contributed by atoms with Crippen LogP contribution in [0.2, 0.25) is 0 Å². The Labute approximate surface area is 144 Å². The van der Waals surface area contributed by atoms with E-state index in [-0.39, 0.29) is 17.6 Å². The second-order valence-electron chi connectivity index (χ2n) is 6.12. The maximum Gasteiger partial charge on any atom is 0.225 e. The van der Waals surface area contributed by atoms with E-state index in [4.69, 9.17) is 0 Å². The number of benzene rings is 2. The summed E-state index contributed by atoms with van der Waals surface area (Å²) in [6, 6.07) is 14.8. The van der Waals surface area contributed by atoms with Crippen molar-refractivity contribution in [3.63, 3.8) is 0 Å². The maximum absolute atomic E-state index is 13.6. The number of hydrogen-bond donors (Lipinski definition) is 1. The number of hydrogen-bond acceptors (Lipinski definition) is 2. The molecule has 24 heavy (non-hydrogen) atoms. The lowest BCUT2D eigenvalue weighted by Gasteiger charge is -2.24. The van der Waals surface area contributed by atoms with Gasteiger partial charge in [0.2, 0.25) is 5.91 Å². The number of aryl methyl sites for hydroxylation is 1. The van der Waals surface area contributed by atoms with Crippen LogP contribution in [0.25, 0.3) is 11.1 Å². The third-order valence-corrected chi connectivity index (χ3v) is 5.47. The molecule has 1 amide bonds. The van der Waals surface area contributed by atoms with Gasteiger partial charge in [0.1, 0.15) is 5.82 Å². The molecule has 2 heterocycles. The summed E-state index contributed by atoms with van der Waals surface area (Å²) in [5.41, 5.74) is 4.84. The van der Waals surface area contributed by atoms with Gasteiger partial charge in [0.15, 0.2) is 0 Å². The van der Waals surface area contributed by atoms with Crippen molar-refractivity contribution in [2.24, 2.45) is 0 Å². The molecule has 3 aromatic rings. The second-order valence-corrected chi connectivity index (χ2v) is 7.03. The Balaban J connectivity index is 1.83. The molecule has 1 N–H and O–H groups in total. The summed E-state index contributed by atoms with van der Waals surface area (Å²) in [7, 11) is 0. The molecule has 1 aliphatic rings. The zero-order valence-electron chi connectivity index (χ0n) is 13.2. The highest BCUT2D eigenvalue weighted by Crippen LogP contribution is 2.46. The molecule has 4 heteroatoms. The van der Waals surface area contributed by atoms with Crippen molar-refractivity contribution < 1.29 is 9.18 Å². The molecule has 2 nitrogen and oxygen atoms in total. The maximum atomic E-state index is 13.6. The van der Waals surface area contributed by atoms with E-state index < -0.39 is 0 Å². The number of amides is 1. The number of anilines is 1. The van der Waals surface area contributed by atoms with Crippen molar-refractivity contribution in [1.82, 2.24) is 0 Å². The van der Waals surface area contributed by atoms with Crippen LogP contribution < -0.4 is 5.32 Å². The molecule has 1 aromatic heterocycles. The summed E-state index contributed by atoms with van der Waals surface area (Å²) in [5, 5.41) is 5.00. The predicted octanol–water partition coefficient (Wildman–Crippen LogP) is 5.34. The Morgan fingerprint density at radius 1 is 1.17 bits per heavy atom. The lowest BCUT2D eigenvalue weighted by molar-refractivity contribution is -0.116. The van der Waals surface area contributed by atoms with Gasteiger partial charge in [-0.25, -0.2) is 4.39 Å². The molecule has 1 aliphatic heterocycles. The van der Waals surface area contributed by atoms with Crippen LogP contribution in [0.4, 0.5) is 10.1 Å². The lowest BCUT2D eigenvalue weighted by atomic mass is 9.88. The molecule has 0 spiro atoms. The van der Waals surface area contributed by atoms with E-state index in [9.17, 15) is 9.18 Å². The Bertz CT molecular complexity index is 931. The standard InChI is InChI=1S/C20H16FNOS/c1-12-4-2-5-13(8-12)16-10-18(23)22-19-17(11-24-20(16)19)14-6-3-7-15(21)9-14/h2-9,11,16H,10H2,1H3,(H,22,23)/t16-/m0/s1. The molecule has 0 bridgehead atoms. The Kier molecular flexibility index (Phi) is 3.69. The zero-order chi connectivity index (χ0) is 16.7. The van der Waals surface area contributed by atoms with Gasteiger partial charge < -0.3 is 5.32 Å². The molecule has 0 radical (unpaired) electrons. The minimum absolute atomic E-state index is 0.00468. The Morgan fingerprint density at radius 3 is 2.79 bits per heavy atom. The first-order valence-corrected chi connectivity index (χ1v) is 8.73. The van der Waals surface area contributed by atoms with Gasteiger partial charge in [-0.15, -0.1) is 11.3 Å². The average Bonchev–Trinajstić information content (AvgIpc) is 2.97. The van der Waals surface area contributed by atoms with Crippen molar-refractivity contribution in [2.75, 3.05) is 5.32 Å². The minimum Gasteiger partial charge on any atom is -0.325 e. The number of halogens is 1. The number of fused-ring (bicyclic) bond motifs is 1. The van der Waals surface area contributed by atoms with Crippen LogP contribution in [0.5, 0.6) is 0 Å². The van der Waals surface area contributed by atoms with Gasteiger partial charge in [-0.2, -0.15) is 0 Å². The third kappa shape index (κ3) is 2.63. The summed E-state index contributed by atoms with van der Waals surface area (Å²) < 4.78 is 13.6. The van der Waals surface area contributed by atoms with Crippen molar-refractivity contribution in [1.29, 1.82) is 0 Å². The smallest absolute Gasteiger partial charge is 0.225 e. The van der Waals surface area contributed by atoms with Crippen LogP contribution >= 0.6 is 11.3 Å². The Morgan fingerprint density at radius 2 is 2.00 bits per heavy atom. The summed E-state index contributed by atoms with van der Waals surface area (Å²) in [4.78, 5) is 13.4. The van der Waals surface area contributed by atoms with Gasteiger partial charge in [0.25, 0.3) is 0 Å². The normalized spacial score (nSPS) is 16.6. The van der Waals surface area contributed by atoms with Gasteiger partial charge in [-0.1, -0.05) is 42.0 Å². The van der Waals surface area contributed by atoms with Crippen LogP contribution in [0.3, 0.4) is 0 Å². The minimum atomic E-state index is -0.273. The van der Waals surface area contributed by atoms with E-state index in [1.807, 2.05) is 17.5 Å². The van der Waals surface area contributed by atoms with Crippen LogP contribution in [-0.4, -0.2) is 5.91 Å². The monoisotopic (exact) mass is 337 g/mol. The molecule has 0 saturated carbocycles. The summed E-state index contributed by atoms with van der Waals surface area (Å²) >= 11 is 1.63. The number of carbonyl (C=O) groups is 1. The summed E-state index contributed by atoms with van der Waals surface area (Å²) in [5.74, 6) is -0.212. The van der Waals surface area contributed by atoms with Crippen LogP contribution in [-0.2, 0) is 4.79 Å². The second kappa shape index (κ2) is 5.87. The molecule has 0 fully saturated rings. The first kappa shape index (κ1) is 15.1. The molecule has 2 aromatic carbocycles. The molecule has 0 unspecified atom stereocenters. The fourth-order valence-corrected chi connectivity index (χ4v) is 4.41. The van der Waals surface area contributed by atoms with Crippen molar-refractivity contribution >= 4 is 22.9 Å². The van der Waals surface area contributed by atoms with Crippen molar-refractivity contribution in [3.05, 3.63) is 75.7 Å². The largest absolute Gasteiger partial charge is 0.325 e. The fraction of sp³-hybridized carbons (Fsp3) is 0.150. The van der Waals surface area contributed by atoms with Crippen LogP contribution in [0.15, 0.2) is 53.9 Å². The lowest BCUT2D eigenvalue weighted by Crippen LogP contribution is -2.22. The quantitative estimate of drug-likeness (QED) is 0.672. The van der Waals surface area contributed by atoms with Crippen LogP contribution in [0, 0.1) is 12.7 Å². The molecular weight excluding hydrogens is 321 g/mol. The number of carbonyl (C=O) groups excluding carboxylic acids is 1. The molecule has 120 valence electrons. The first-order valence-electron chi connectivity index (χ1n) is 7.85. The fourth-order valence-electron chi connectivity index (χ4n) is 3.25. The molecule has 0 saturated heterocycles. The van der Waals surface area contributed by atoms with E-state index in [2.05, 4.69) is 30.4 Å². The topological polar surface area (TPSA) is 29.1 Å². The SMILES string of the molecule is Cc1cccc([C@@H]2CC(=O)Nc3c(-c4cccc(F)c4)csc32)c1. The molecule has 1 atom stereocenters. The average molecular weight is 337 g/mol. The van der Waals surface area contributed by atoms with E-state index in [1.165, 1.54) is 17.7 Å². The van der Waals surface area contributed by atoms with Gasteiger partial charge in [0, 0.05) is 28.2 Å². The first-order chi connectivity index (χ1) is 11.6. The predicted molar refractivity (Wildman–Crippen MR) is 96.0 cm³/mol. The summed E-state index contributed by atoms with van der Waals surface area (Å²) in [6.07, 6.45) is 0.444. The molecule has 0 aliphatic carbocycles. The zero-order valence-corrected chi connectivity index (χ0v) is 14.0.